The van der Waals surface area contributed by atoms with E-state index in [9.17, 15) is 4.79 Å². The Kier molecular flexibility index (Phi) is 5.93. The van der Waals surface area contributed by atoms with Crippen molar-refractivity contribution < 1.29 is 4.79 Å². The van der Waals surface area contributed by atoms with E-state index >= 15 is 0 Å². The molecule has 2 unspecified atom stereocenters. The number of likely N-dealkylation sites (tertiary alicyclic amines) is 1. The van der Waals surface area contributed by atoms with E-state index in [0.29, 0.717) is 30.3 Å². The molecular formula is C14H27ClN2O. The highest BCUT2D eigenvalue weighted by atomic mass is 35.5. The van der Waals surface area contributed by atoms with Gasteiger partial charge in [-0.05, 0) is 44.1 Å². The number of nitrogens with zero attached hydrogens (tertiary/aromatic N) is 1. The second-order valence-electron chi connectivity index (χ2n) is 5.93. The molecule has 0 spiro atoms. The van der Waals surface area contributed by atoms with Gasteiger partial charge in [-0.15, -0.1) is 12.4 Å². The van der Waals surface area contributed by atoms with Gasteiger partial charge in [-0.25, -0.2) is 0 Å². The van der Waals surface area contributed by atoms with Gasteiger partial charge in [0.05, 0.1) is 0 Å². The van der Waals surface area contributed by atoms with Gasteiger partial charge in [0.2, 0.25) is 5.91 Å². The van der Waals surface area contributed by atoms with E-state index in [1.165, 1.54) is 12.8 Å². The first-order chi connectivity index (χ1) is 8.17. The molecule has 0 bridgehead atoms. The van der Waals surface area contributed by atoms with Crippen LogP contribution in [0.25, 0.3) is 0 Å². The summed E-state index contributed by atoms with van der Waals surface area (Å²) in [7, 11) is 0. The zero-order chi connectivity index (χ0) is 12.4. The second kappa shape index (κ2) is 6.76. The van der Waals surface area contributed by atoms with Crippen LogP contribution in [0.2, 0.25) is 0 Å². The molecule has 0 radical (unpaired) electrons. The molecule has 1 saturated carbocycles. The first-order valence-corrected chi connectivity index (χ1v) is 7.17. The van der Waals surface area contributed by atoms with Crippen molar-refractivity contribution in [2.45, 2.75) is 52.0 Å². The molecule has 0 aromatic heterocycles. The molecule has 1 aliphatic heterocycles. The zero-order valence-corrected chi connectivity index (χ0v) is 12.4. The van der Waals surface area contributed by atoms with Crippen LogP contribution in [0.3, 0.4) is 0 Å². The van der Waals surface area contributed by atoms with Crippen LogP contribution in [-0.2, 0) is 4.79 Å². The molecular weight excluding hydrogens is 248 g/mol. The first kappa shape index (κ1) is 15.8. The maximum Gasteiger partial charge on any atom is 0.226 e. The monoisotopic (exact) mass is 274 g/mol. The third-order valence-corrected chi connectivity index (χ3v) is 4.66. The maximum atomic E-state index is 12.6. The van der Waals surface area contributed by atoms with Gasteiger partial charge in [-0.1, -0.05) is 20.3 Å². The number of carbonyl (C=O) groups is 1. The van der Waals surface area contributed by atoms with Crippen LogP contribution < -0.4 is 5.73 Å². The van der Waals surface area contributed by atoms with E-state index in [1.807, 2.05) is 0 Å². The lowest BCUT2D eigenvalue weighted by molar-refractivity contribution is -0.137. The Labute approximate surface area is 117 Å². The number of hydrogen-bond acceptors (Lipinski definition) is 2. The average molecular weight is 275 g/mol. The fraction of sp³-hybridized carbons (Fsp3) is 0.929. The fourth-order valence-corrected chi connectivity index (χ4v) is 3.67. The minimum absolute atomic E-state index is 0. The van der Waals surface area contributed by atoms with Crippen molar-refractivity contribution in [1.29, 1.82) is 0 Å². The maximum absolute atomic E-state index is 12.6. The van der Waals surface area contributed by atoms with E-state index in [2.05, 4.69) is 18.7 Å². The summed E-state index contributed by atoms with van der Waals surface area (Å²) in [5.74, 6) is 1.73. The summed E-state index contributed by atoms with van der Waals surface area (Å²) in [5, 5.41) is 0. The van der Waals surface area contributed by atoms with Gasteiger partial charge in [0.15, 0.2) is 0 Å². The topological polar surface area (TPSA) is 46.3 Å². The Bertz CT molecular complexity index is 285. The number of carbonyl (C=O) groups excluding carboxylic acids is 1. The number of nitrogens with two attached hydrogens (primary N) is 1. The Morgan fingerprint density at radius 1 is 1.39 bits per heavy atom. The number of rotatable bonds is 3. The Morgan fingerprint density at radius 2 is 2.11 bits per heavy atom. The smallest absolute Gasteiger partial charge is 0.226 e. The van der Waals surface area contributed by atoms with Crippen molar-refractivity contribution in [3.63, 3.8) is 0 Å². The fourth-order valence-electron chi connectivity index (χ4n) is 3.67. The van der Waals surface area contributed by atoms with Crippen molar-refractivity contribution in [3.05, 3.63) is 0 Å². The van der Waals surface area contributed by atoms with Crippen molar-refractivity contribution in [2.24, 2.45) is 23.5 Å². The van der Waals surface area contributed by atoms with E-state index in [-0.39, 0.29) is 18.3 Å². The predicted molar refractivity (Wildman–Crippen MR) is 76.7 cm³/mol. The molecule has 3 nitrogen and oxygen atoms in total. The van der Waals surface area contributed by atoms with Crippen LogP contribution in [0.4, 0.5) is 0 Å². The van der Waals surface area contributed by atoms with Gasteiger partial charge in [-0.2, -0.15) is 0 Å². The van der Waals surface area contributed by atoms with Gasteiger partial charge >= 0.3 is 0 Å². The first-order valence-electron chi connectivity index (χ1n) is 7.17. The Morgan fingerprint density at radius 3 is 2.72 bits per heavy atom. The average Bonchev–Trinajstić information content (AvgIpc) is 2.93. The molecule has 4 heteroatoms. The van der Waals surface area contributed by atoms with E-state index in [0.717, 1.165) is 25.8 Å². The predicted octanol–water partition coefficient (Wildman–Crippen LogP) is 2.43. The molecule has 18 heavy (non-hydrogen) atoms. The summed E-state index contributed by atoms with van der Waals surface area (Å²) in [6, 6.07) is 0.483. The Balaban J connectivity index is 0.00000162. The summed E-state index contributed by atoms with van der Waals surface area (Å²) in [5.41, 5.74) is 5.78. The third-order valence-electron chi connectivity index (χ3n) is 4.66. The second-order valence-corrected chi connectivity index (χ2v) is 5.93. The number of amides is 1. The molecule has 4 atom stereocenters. The highest BCUT2D eigenvalue weighted by Crippen LogP contribution is 2.35. The quantitative estimate of drug-likeness (QED) is 0.859. The van der Waals surface area contributed by atoms with Crippen LogP contribution in [0, 0.1) is 17.8 Å². The van der Waals surface area contributed by atoms with E-state index < -0.39 is 0 Å². The lowest BCUT2D eigenvalue weighted by atomic mass is 9.94. The molecule has 2 fully saturated rings. The van der Waals surface area contributed by atoms with Gasteiger partial charge in [-0.3, -0.25) is 4.79 Å². The molecule has 1 saturated heterocycles. The van der Waals surface area contributed by atoms with Crippen LogP contribution in [0.15, 0.2) is 0 Å². The van der Waals surface area contributed by atoms with Gasteiger partial charge < -0.3 is 10.6 Å². The summed E-state index contributed by atoms with van der Waals surface area (Å²) in [6.45, 7) is 6.09. The molecule has 1 heterocycles. The zero-order valence-electron chi connectivity index (χ0n) is 11.6. The number of hydrogen-bond donors (Lipinski definition) is 1. The standard InChI is InChI=1S/C14H26N2O.ClH/c1-3-12-7-10(2)9-16(12)14(17)13-6-4-5-11(13)8-15;/h10-13H,3-9,15H2,1-2H3;1H/t10?,11-,12?,13-;/m1./s1. The Hall–Kier alpha value is -0.280. The lowest BCUT2D eigenvalue weighted by Gasteiger charge is -2.29. The summed E-state index contributed by atoms with van der Waals surface area (Å²) in [4.78, 5) is 14.8. The van der Waals surface area contributed by atoms with Crippen molar-refractivity contribution in [3.8, 4) is 0 Å². The van der Waals surface area contributed by atoms with Gasteiger partial charge in [0, 0.05) is 18.5 Å². The molecule has 2 rings (SSSR count). The van der Waals surface area contributed by atoms with Crippen molar-refractivity contribution in [1.82, 2.24) is 4.90 Å². The molecule has 106 valence electrons. The highest BCUT2D eigenvalue weighted by Gasteiger charge is 2.39. The SMILES string of the molecule is CCC1CC(C)CN1C(=O)[C@@H]1CCC[C@@H]1CN.Cl. The lowest BCUT2D eigenvalue weighted by Crippen LogP contribution is -2.41. The van der Waals surface area contributed by atoms with Gasteiger partial charge in [0.1, 0.15) is 0 Å². The summed E-state index contributed by atoms with van der Waals surface area (Å²) >= 11 is 0. The van der Waals surface area contributed by atoms with E-state index in [1.54, 1.807) is 0 Å². The van der Waals surface area contributed by atoms with Gasteiger partial charge in [0.25, 0.3) is 0 Å². The summed E-state index contributed by atoms with van der Waals surface area (Å²) in [6.07, 6.45) is 5.66. The molecule has 0 aromatic carbocycles. The molecule has 1 aliphatic carbocycles. The molecule has 2 aliphatic rings. The van der Waals surface area contributed by atoms with Crippen LogP contribution in [0.1, 0.15) is 46.0 Å². The van der Waals surface area contributed by atoms with Crippen LogP contribution in [-0.4, -0.2) is 29.9 Å². The largest absolute Gasteiger partial charge is 0.339 e. The molecule has 0 aromatic rings. The third kappa shape index (κ3) is 3.00. The van der Waals surface area contributed by atoms with Crippen molar-refractivity contribution in [2.75, 3.05) is 13.1 Å². The minimum atomic E-state index is 0. The number of halogens is 1. The summed E-state index contributed by atoms with van der Waals surface area (Å²) < 4.78 is 0. The highest BCUT2D eigenvalue weighted by molar-refractivity contribution is 5.85. The van der Waals surface area contributed by atoms with E-state index in [4.69, 9.17) is 5.73 Å². The molecule has 2 N–H and O–H groups in total. The van der Waals surface area contributed by atoms with Crippen molar-refractivity contribution >= 4 is 18.3 Å². The normalized spacial score (nSPS) is 35.6. The van der Waals surface area contributed by atoms with Crippen LogP contribution >= 0.6 is 12.4 Å². The van der Waals surface area contributed by atoms with Crippen LogP contribution in [0.5, 0.6) is 0 Å². The molecule has 1 amide bonds. The minimum Gasteiger partial charge on any atom is -0.339 e.